The van der Waals surface area contributed by atoms with E-state index in [0.29, 0.717) is 44.3 Å². The van der Waals surface area contributed by atoms with Crippen molar-refractivity contribution >= 4 is 62.5 Å². The van der Waals surface area contributed by atoms with Gasteiger partial charge in [0.15, 0.2) is 11.5 Å². The van der Waals surface area contributed by atoms with Crippen molar-refractivity contribution in [1.82, 2.24) is 0 Å². The number of hydrogen-bond acceptors (Lipinski definition) is 7. The topological polar surface area (TPSA) is 119 Å². The number of carbonyl (C=O) groups is 1. The number of halogens is 1. The van der Waals surface area contributed by atoms with Crippen molar-refractivity contribution in [3.8, 4) is 16.9 Å². The highest BCUT2D eigenvalue weighted by atomic mass is 35.5. The number of rotatable bonds is 6. The summed E-state index contributed by atoms with van der Waals surface area (Å²) in [4.78, 5) is 17.1. The summed E-state index contributed by atoms with van der Waals surface area (Å²) in [6, 6.07) is 34.2. The Labute approximate surface area is 268 Å². The van der Waals surface area contributed by atoms with Gasteiger partial charge in [-0.3, -0.25) is 4.79 Å². The number of nitrogens with zero attached hydrogens (tertiary/aromatic N) is 5. The number of fused-ring (bicyclic) bond motifs is 4. The fourth-order valence-electron chi connectivity index (χ4n) is 5.42. The standard InChI is InChI=1S/C37H24ClN5O3/c1-21-18-23(40-41-24-14-16-27-26-10-4-5-11-28(26)35(44)29(27)20-24)15-17-32(21)42-43-34-25-9-3-2-8-22(25)19-30(36(34)45)37(46)39-33-13-7-6-12-31(33)38/h2-20,45H,1H3,(H,39,46). The summed E-state index contributed by atoms with van der Waals surface area (Å²) in [7, 11) is 0. The molecule has 7 rings (SSSR count). The predicted molar refractivity (Wildman–Crippen MR) is 181 cm³/mol. The number of ketones is 1. The molecule has 8 nitrogen and oxygen atoms in total. The van der Waals surface area contributed by atoms with E-state index in [1.54, 1.807) is 48.5 Å². The van der Waals surface area contributed by atoms with Gasteiger partial charge >= 0.3 is 0 Å². The van der Waals surface area contributed by atoms with Crippen molar-refractivity contribution in [2.45, 2.75) is 6.92 Å². The van der Waals surface area contributed by atoms with Crippen LogP contribution < -0.4 is 0 Å². The summed E-state index contributed by atoms with van der Waals surface area (Å²) < 4.78 is 0. The number of carbonyl (C=O) groups excluding carboxylic acids is 1. The Bertz CT molecular complexity index is 2290. The molecule has 0 saturated carbocycles. The van der Waals surface area contributed by atoms with E-state index in [2.05, 4.69) is 25.4 Å². The average Bonchev–Trinajstić information content (AvgIpc) is 3.35. The molecule has 0 amide bonds. The Morgan fingerprint density at radius 2 is 1.33 bits per heavy atom. The van der Waals surface area contributed by atoms with Gasteiger partial charge in [0.2, 0.25) is 5.90 Å². The summed E-state index contributed by atoms with van der Waals surface area (Å²) in [5.41, 5.74) is 6.30. The molecule has 0 aliphatic heterocycles. The fourth-order valence-corrected chi connectivity index (χ4v) is 5.60. The van der Waals surface area contributed by atoms with Gasteiger partial charge in [-0.15, -0.1) is 5.11 Å². The number of phenolic OH excluding ortho intramolecular Hbond substituents is 1. The molecule has 0 aromatic heterocycles. The number of hydrogen-bond donors (Lipinski definition) is 2. The fraction of sp³-hybridized carbons (Fsp3) is 0.0270. The summed E-state index contributed by atoms with van der Waals surface area (Å²) in [5, 5.41) is 41.4. The average molecular weight is 622 g/mol. The smallest absolute Gasteiger partial charge is 0.222 e. The second-order valence-electron chi connectivity index (χ2n) is 10.7. The van der Waals surface area contributed by atoms with Gasteiger partial charge < -0.3 is 10.2 Å². The minimum atomic E-state index is -0.407. The number of aromatic hydroxyl groups is 1. The van der Waals surface area contributed by atoms with Crippen LogP contribution in [0, 0.1) is 6.92 Å². The predicted octanol–water partition coefficient (Wildman–Crippen LogP) is 11.2. The Morgan fingerprint density at radius 3 is 2.13 bits per heavy atom. The third-order valence-corrected chi connectivity index (χ3v) is 8.06. The van der Waals surface area contributed by atoms with Crippen molar-refractivity contribution in [1.29, 1.82) is 0 Å². The molecule has 0 saturated heterocycles. The van der Waals surface area contributed by atoms with Crippen LogP contribution in [0.2, 0.25) is 5.02 Å². The third-order valence-electron chi connectivity index (χ3n) is 7.74. The Balaban J connectivity index is 1.16. The summed E-state index contributed by atoms with van der Waals surface area (Å²) in [6.07, 6.45) is 0. The van der Waals surface area contributed by atoms with E-state index in [4.69, 9.17) is 11.6 Å². The molecule has 0 bridgehead atoms. The van der Waals surface area contributed by atoms with Crippen molar-refractivity contribution < 1.29 is 15.0 Å². The molecule has 6 aromatic carbocycles. The van der Waals surface area contributed by atoms with E-state index in [9.17, 15) is 15.0 Å². The molecule has 222 valence electrons. The summed E-state index contributed by atoms with van der Waals surface area (Å²) in [6.45, 7) is 1.87. The maximum Gasteiger partial charge on any atom is 0.222 e. The number of para-hydroxylation sites is 1. The largest absolute Gasteiger partial charge is 0.505 e. The first kappa shape index (κ1) is 28.8. The van der Waals surface area contributed by atoms with Crippen molar-refractivity contribution in [2.75, 3.05) is 0 Å². The molecule has 0 spiro atoms. The molecule has 0 unspecified atom stereocenters. The van der Waals surface area contributed by atoms with E-state index in [1.165, 1.54) is 0 Å². The number of azo groups is 2. The van der Waals surface area contributed by atoms with Crippen LogP contribution in [-0.2, 0) is 0 Å². The van der Waals surface area contributed by atoms with Gasteiger partial charge in [0.05, 0.1) is 33.3 Å². The second-order valence-corrected chi connectivity index (χ2v) is 11.1. The number of aliphatic imine (C=N–C) groups is 1. The lowest BCUT2D eigenvalue weighted by atomic mass is 10.0. The third kappa shape index (κ3) is 5.31. The number of aliphatic hydroxyl groups is 1. The van der Waals surface area contributed by atoms with E-state index >= 15 is 0 Å². The first-order valence-electron chi connectivity index (χ1n) is 14.4. The van der Waals surface area contributed by atoms with Crippen molar-refractivity contribution in [2.24, 2.45) is 25.4 Å². The van der Waals surface area contributed by atoms with Crippen LogP contribution in [0.25, 0.3) is 21.9 Å². The zero-order valence-corrected chi connectivity index (χ0v) is 25.1. The molecular formula is C37H24ClN5O3. The number of aliphatic hydroxyl groups excluding tert-OH is 1. The van der Waals surface area contributed by atoms with E-state index in [-0.39, 0.29) is 22.8 Å². The zero-order chi connectivity index (χ0) is 31.8. The summed E-state index contributed by atoms with van der Waals surface area (Å²) in [5.74, 6) is -0.689. The lowest BCUT2D eigenvalue weighted by molar-refractivity contribution is 0.104. The molecular weight excluding hydrogens is 598 g/mol. The van der Waals surface area contributed by atoms with Gasteiger partial charge in [-0.2, -0.15) is 15.3 Å². The van der Waals surface area contributed by atoms with Gasteiger partial charge in [0.25, 0.3) is 0 Å². The van der Waals surface area contributed by atoms with E-state index in [0.717, 1.165) is 22.1 Å². The highest BCUT2D eigenvalue weighted by Crippen LogP contribution is 2.41. The monoisotopic (exact) mass is 621 g/mol. The maximum absolute atomic E-state index is 12.9. The van der Waals surface area contributed by atoms with Crippen LogP contribution >= 0.6 is 11.6 Å². The van der Waals surface area contributed by atoms with Crippen molar-refractivity contribution in [3.63, 3.8) is 0 Å². The minimum Gasteiger partial charge on any atom is -0.505 e. The molecule has 2 N–H and O–H groups in total. The van der Waals surface area contributed by atoms with Gasteiger partial charge in [0, 0.05) is 16.5 Å². The molecule has 0 atom stereocenters. The highest BCUT2D eigenvalue weighted by Gasteiger charge is 2.26. The number of phenols is 1. The maximum atomic E-state index is 12.9. The molecule has 1 aliphatic carbocycles. The van der Waals surface area contributed by atoms with Crippen LogP contribution in [0.15, 0.2) is 141 Å². The molecule has 0 fully saturated rings. The molecule has 1 aliphatic rings. The van der Waals surface area contributed by atoms with Gasteiger partial charge in [-0.25, -0.2) is 4.99 Å². The Hall–Kier alpha value is -5.99. The summed E-state index contributed by atoms with van der Waals surface area (Å²) >= 11 is 6.22. The lowest BCUT2D eigenvalue weighted by Crippen LogP contribution is -1.99. The molecule has 0 heterocycles. The first-order chi connectivity index (χ1) is 22.4. The quantitative estimate of drug-likeness (QED) is 0.109. The van der Waals surface area contributed by atoms with Crippen LogP contribution in [-0.4, -0.2) is 21.9 Å². The van der Waals surface area contributed by atoms with Gasteiger partial charge in [-0.05, 0) is 77.5 Å². The Morgan fingerprint density at radius 1 is 0.652 bits per heavy atom. The number of benzene rings is 6. The van der Waals surface area contributed by atoms with Crippen molar-refractivity contribution in [3.05, 3.63) is 143 Å². The second kappa shape index (κ2) is 11.8. The zero-order valence-electron chi connectivity index (χ0n) is 24.4. The number of aryl methyl sites for hydroxylation is 1. The van der Waals surface area contributed by atoms with Gasteiger partial charge in [0.1, 0.15) is 5.69 Å². The van der Waals surface area contributed by atoms with Crippen LogP contribution in [0.1, 0.15) is 27.0 Å². The SMILES string of the molecule is Cc1cc(N=Nc2ccc3c(c2)C(=O)c2ccccc2-3)ccc1N=Nc1c(O)c(C(O)=Nc2ccccc2Cl)cc2ccccc12. The minimum absolute atomic E-state index is 0.0133. The van der Waals surface area contributed by atoms with E-state index in [1.807, 2.05) is 73.7 Å². The van der Waals surface area contributed by atoms with Crippen LogP contribution in [0.3, 0.4) is 0 Å². The normalized spacial score (nSPS) is 12.7. The lowest BCUT2D eigenvalue weighted by Gasteiger charge is -2.10. The molecule has 6 aromatic rings. The highest BCUT2D eigenvalue weighted by molar-refractivity contribution is 6.33. The van der Waals surface area contributed by atoms with Crippen LogP contribution in [0.4, 0.5) is 28.4 Å². The molecule has 9 heteroatoms. The van der Waals surface area contributed by atoms with E-state index < -0.39 is 5.90 Å². The molecule has 46 heavy (non-hydrogen) atoms. The first-order valence-corrected chi connectivity index (χ1v) is 14.7. The molecule has 0 radical (unpaired) electrons. The van der Waals surface area contributed by atoms with Crippen LogP contribution in [0.5, 0.6) is 5.75 Å². The Kier molecular flexibility index (Phi) is 7.40. The van der Waals surface area contributed by atoms with Gasteiger partial charge in [-0.1, -0.05) is 78.3 Å².